The van der Waals surface area contributed by atoms with Gasteiger partial charge in [0.2, 0.25) is 0 Å². The second-order valence-corrected chi connectivity index (χ2v) is 9.08. The van der Waals surface area contributed by atoms with Gasteiger partial charge in [-0.05, 0) is 43.7 Å². The summed E-state index contributed by atoms with van der Waals surface area (Å²) in [6, 6.07) is 14.0. The van der Waals surface area contributed by atoms with Crippen LogP contribution in [0.15, 0.2) is 64.3 Å². The number of carbonyl (C=O) groups excluding carboxylic acids is 2. The highest BCUT2D eigenvalue weighted by molar-refractivity contribution is 8.03. The minimum atomic E-state index is -0.611. The lowest BCUT2D eigenvalue weighted by Gasteiger charge is -2.29. The molecule has 1 aliphatic rings. The minimum absolute atomic E-state index is 0.0728. The van der Waals surface area contributed by atoms with Gasteiger partial charge in [0.05, 0.1) is 38.4 Å². The highest BCUT2D eigenvalue weighted by Crippen LogP contribution is 2.43. The van der Waals surface area contributed by atoms with Gasteiger partial charge >= 0.3 is 0 Å². The molecule has 0 amide bonds. The number of carbonyl (C=O) groups is 2. The molecule has 1 heterocycles. The number of halogens is 3. The summed E-state index contributed by atoms with van der Waals surface area (Å²) in [5.74, 6) is -0.856. The number of Topliss-reactive ketones (excluding diaryl/α,β-unsaturated/α-hetero) is 2. The zero-order valence-corrected chi connectivity index (χ0v) is 19.7. The summed E-state index contributed by atoms with van der Waals surface area (Å²) in [6.07, 6.45) is 0. The first-order valence-electron chi connectivity index (χ1n) is 9.23. The Hall–Kier alpha value is -2.23. The number of hydrogen-bond acceptors (Lipinski definition) is 5. The van der Waals surface area contributed by atoms with Crippen LogP contribution < -0.4 is 5.32 Å². The number of ketones is 2. The number of allylic oxidation sites excluding steroid dienone is 3. The Bertz CT molecular complexity index is 1180. The van der Waals surface area contributed by atoms with Gasteiger partial charge in [-0.15, -0.1) is 0 Å². The number of hydrogen-bond donors (Lipinski definition) is 1. The van der Waals surface area contributed by atoms with E-state index in [1.165, 1.54) is 24.8 Å². The second-order valence-electron chi connectivity index (χ2n) is 6.87. The maximum Gasteiger partial charge on any atom is 0.173 e. The Kier molecular flexibility index (Phi) is 7.51. The number of rotatable bonds is 6. The molecule has 3 rings (SSSR count). The number of nitrogens with one attached hydrogen (secondary N) is 1. The molecule has 0 bridgehead atoms. The van der Waals surface area contributed by atoms with Gasteiger partial charge < -0.3 is 5.32 Å². The summed E-state index contributed by atoms with van der Waals surface area (Å²) < 4.78 is 0. The largest absolute Gasteiger partial charge is 0.353 e. The first kappa shape index (κ1) is 23.4. The van der Waals surface area contributed by atoms with Crippen LogP contribution in [0.3, 0.4) is 0 Å². The lowest BCUT2D eigenvalue weighted by molar-refractivity contribution is -0.113. The molecular formula is C23H17Cl3N2O2S. The molecule has 0 aliphatic carbocycles. The van der Waals surface area contributed by atoms with Crippen molar-refractivity contribution in [3.05, 3.63) is 90.5 Å². The highest BCUT2D eigenvalue weighted by Gasteiger charge is 2.34. The van der Waals surface area contributed by atoms with Crippen molar-refractivity contribution >= 4 is 58.1 Å². The lowest BCUT2D eigenvalue weighted by atomic mass is 9.81. The molecule has 2 aromatic rings. The SMILES string of the molecule is CC(=O)C1=C(C)NC(SCC(=O)c2ccc(Cl)c(Cl)c2)=C(C#N)[C@@H]1c1ccccc1Cl. The van der Waals surface area contributed by atoms with E-state index in [4.69, 9.17) is 34.8 Å². The van der Waals surface area contributed by atoms with Crippen molar-refractivity contribution in [1.82, 2.24) is 5.32 Å². The fourth-order valence-corrected chi connectivity index (χ4v) is 4.93. The molecular weight excluding hydrogens is 475 g/mol. The molecule has 2 aromatic carbocycles. The van der Waals surface area contributed by atoms with E-state index in [-0.39, 0.29) is 17.3 Å². The molecule has 8 heteroatoms. The van der Waals surface area contributed by atoms with Gasteiger partial charge in [-0.2, -0.15) is 5.26 Å². The van der Waals surface area contributed by atoms with Crippen molar-refractivity contribution in [2.24, 2.45) is 0 Å². The third kappa shape index (κ3) is 4.99. The predicted molar refractivity (Wildman–Crippen MR) is 127 cm³/mol. The Balaban J connectivity index is 1.97. The predicted octanol–water partition coefficient (Wildman–Crippen LogP) is 6.55. The van der Waals surface area contributed by atoms with Gasteiger partial charge in [0.15, 0.2) is 11.6 Å². The van der Waals surface area contributed by atoms with Crippen LogP contribution in [0.2, 0.25) is 15.1 Å². The van der Waals surface area contributed by atoms with Crippen molar-refractivity contribution in [3.8, 4) is 6.07 Å². The van der Waals surface area contributed by atoms with Crippen LogP contribution in [0, 0.1) is 11.3 Å². The van der Waals surface area contributed by atoms with Crippen molar-refractivity contribution in [2.75, 3.05) is 5.75 Å². The highest BCUT2D eigenvalue weighted by atomic mass is 35.5. The minimum Gasteiger partial charge on any atom is -0.353 e. The Morgan fingerprint density at radius 1 is 1.10 bits per heavy atom. The lowest BCUT2D eigenvalue weighted by Crippen LogP contribution is -2.27. The third-order valence-corrected chi connectivity index (χ3v) is 6.93. The van der Waals surface area contributed by atoms with Gasteiger partial charge in [0.25, 0.3) is 0 Å². The summed E-state index contributed by atoms with van der Waals surface area (Å²) in [4.78, 5) is 25.1. The molecule has 0 saturated heterocycles. The monoisotopic (exact) mass is 490 g/mol. The summed E-state index contributed by atoms with van der Waals surface area (Å²) in [5.41, 5.74) is 2.54. The van der Waals surface area contributed by atoms with Crippen LogP contribution >= 0.6 is 46.6 Å². The van der Waals surface area contributed by atoms with Crippen LogP contribution in [0.1, 0.15) is 35.7 Å². The van der Waals surface area contributed by atoms with E-state index >= 15 is 0 Å². The molecule has 158 valence electrons. The number of dihydropyridines is 1. The van der Waals surface area contributed by atoms with Gasteiger partial charge in [0.1, 0.15) is 0 Å². The quantitative estimate of drug-likeness (QED) is 0.464. The number of nitriles is 1. The molecule has 31 heavy (non-hydrogen) atoms. The van der Waals surface area contributed by atoms with E-state index in [1.54, 1.807) is 37.3 Å². The molecule has 1 N–H and O–H groups in total. The van der Waals surface area contributed by atoms with Crippen molar-refractivity contribution < 1.29 is 9.59 Å². The standard InChI is InChI=1S/C23H17Cl3N2O2S/c1-12-21(13(2)29)22(15-5-3-4-6-17(15)24)16(10-27)23(28-12)31-11-20(30)14-7-8-18(25)19(26)9-14/h3-9,22,28H,11H2,1-2H3/t22-/m0/s1. The molecule has 0 radical (unpaired) electrons. The van der Waals surface area contributed by atoms with Gasteiger partial charge in [-0.3, -0.25) is 9.59 Å². The molecule has 1 atom stereocenters. The number of thioether (sulfide) groups is 1. The van der Waals surface area contributed by atoms with Crippen molar-refractivity contribution in [2.45, 2.75) is 19.8 Å². The molecule has 0 aromatic heterocycles. The maximum atomic E-state index is 12.7. The molecule has 1 aliphatic heterocycles. The number of nitrogens with zero attached hydrogens (tertiary/aromatic N) is 1. The number of benzene rings is 2. The van der Waals surface area contributed by atoms with Gasteiger partial charge in [-0.1, -0.05) is 64.8 Å². The molecule has 0 spiro atoms. The van der Waals surface area contributed by atoms with E-state index < -0.39 is 5.92 Å². The van der Waals surface area contributed by atoms with Gasteiger partial charge in [0, 0.05) is 21.9 Å². The van der Waals surface area contributed by atoms with Crippen LogP contribution in [0.5, 0.6) is 0 Å². The van der Waals surface area contributed by atoms with Crippen LogP contribution in [-0.4, -0.2) is 17.3 Å². The summed E-state index contributed by atoms with van der Waals surface area (Å²) in [7, 11) is 0. The van der Waals surface area contributed by atoms with Crippen molar-refractivity contribution in [1.29, 1.82) is 5.26 Å². The summed E-state index contributed by atoms with van der Waals surface area (Å²) >= 11 is 19.5. The molecule has 0 saturated carbocycles. The van der Waals surface area contributed by atoms with E-state index in [0.29, 0.717) is 48.1 Å². The zero-order valence-electron chi connectivity index (χ0n) is 16.6. The molecule has 0 fully saturated rings. The van der Waals surface area contributed by atoms with Crippen LogP contribution in [0.25, 0.3) is 0 Å². The summed E-state index contributed by atoms with van der Waals surface area (Å²) in [5, 5.41) is 14.7. The van der Waals surface area contributed by atoms with E-state index in [2.05, 4.69) is 11.4 Å². The fourth-order valence-electron chi connectivity index (χ4n) is 3.40. The fraction of sp³-hybridized carbons (Fsp3) is 0.174. The van der Waals surface area contributed by atoms with E-state index in [0.717, 1.165) is 0 Å². The Morgan fingerprint density at radius 2 is 1.81 bits per heavy atom. The third-order valence-electron chi connectivity index (χ3n) is 4.83. The maximum absolute atomic E-state index is 12.7. The summed E-state index contributed by atoms with van der Waals surface area (Å²) in [6.45, 7) is 3.24. The second kappa shape index (κ2) is 9.93. The average Bonchev–Trinajstić information content (AvgIpc) is 2.73. The average molecular weight is 492 g/mol. The van der Waals surface area contributed by atoms with Crippen molar-refractivity contribution in [3.63, 3.8) is 0 Å². The first-order valence-corrected chi connectivity index (χ1v) is 11.3. The van der Waals surface area contributed by atoms with Crippen LogP contribution in [-0.2, 0) is 4.79 Å². The molecule has 0 unspecified atom stereocenters. The van der Waals surface area contributed by atoms with E-state index in [9.17, 15) is 14.9 Å². The van der Waals surface area contributed by atoms with E-state index in [1.807, 2.05) is 6.07 Å². The molecule has 4 nitrogen and oxygen atoms in total. The Labute approximate surface area is 199 Å². The zero-order chi connectivity index (χ0) is 22.7. The first-order chi connectivity index (χ1) is 14.7. The smallest absolute Gasteiger partial charge is 0.173 e. The van der Waals surface area contributed by atoms with Crippen LogP contribution in [0.4, 0.5) is 0 Å². The Morgan fingerprint density at radius 3 is 2.42 bits per heavy atom. The topological polar surface area (TPSA) is 70.0 Å². The normalized spacial score (nSPS) is 16.1. The van der Waals surface area contributed by atoms with Gasteiger partial charge in [-0.25, -0.2) is 0 Å².